The summed E-state index contributed by atoms with van der Waals surface area (Å²) in [5.74, 6) is 0.00213. The van der Waals surface area contributed by atoms with Gasteiger partial charge in [0, 0.05) is 13.1 Å². The highest BCUT2D eigenvalue weighted by molar-refractivity contribution is 7.90. The molecule has 1 aliphatic heterocycles. The molecule has 19 heavy (non-hydrogen) atoms. The standard InChI is InChI=1S/C12H14F3NO2S/c13-12(14,15)11-3-1-9(2-4-11)7-19(17,18)8-10-5-16-6-10/h1-4,10,16H,5-8H2. The van der Waals surface area contributed by atoms with E-state index in [1.165, 1.54) is 12.1 Å². The van der Waals surface area contributed by atoms with Crippen molar-refractivity contribution in [3.05, 3.63) is 35.4 Å². The van der Waals surface area contributed by atoms with Crippen molar-refractivity contribution in [1.29, 1.82) is 0 Å². The Kier molecular flexibility index (Phi) is 3.87. The lowest BCUT2D eigenvalue weighted by atomic mass is 10.1. The van der Waals surface area contributed by atoms with Crippen LogP contribution in [0.4, 0.5) is 13.2 Å². The summed E-state index contributed by atoms with van der Waals surface area (Å²) in [4.78, 5) is 0. The molecule has 0 radical (unpaired) electrons. The van der Waals surface area contributed by atoms with E-state index in [4.69, 9.17) is 0 Å². The van der Waals surface area contributed by atoms with Gasteiger partial charge in [0.25, 0.3) is 0 Å². The maximum atomic E-state index is 12.4. The smallest absolute Gasteiger partial charge is 0.316 e. The zero-order chi connectivity index (χ0) is 14.1. The summed E-state index contributed by atoms with van der Waals surface area (Å²) in [5, 5.41) is 2.98. The van der Waals surface area contributed by atoms with Crippen molar-refractivity contribution in [2.24, 2.45) is 5.92 Å². The van der Waals surface area contributed by atoms with Gasteiger partial charge in [-0.2, -0.15) is 13.2 Å². The van der Waals surface area contributed by atoms with E-state index < -0.39 is 21.6 Å². The van der Waals surface area contributed by atoms with Gasteiger partial charge in [-0.15, -0.1) is 0 Å². The highest BCUT2D eigenvalue weighted by Gasteiger charge is 2.30. The molecule has 7 heteroatoms. The first kappa shape index (κ1) is 14.3. The molecular weight excluding hydrogens is 279 g/mol. The lowest BCUT2D eigenvalue weighted by Gasteiger charge is -2.26. The number of hydrogen-bond acceptors (Lipinski definition) is 3. The average Bonchev–Trinajstić information content (AvgIpc) is 2.23. The summed E-state index contributed by atoms with van der Waals surface area (Å²) in [6.45, 7) is 1.37. The number of alkyl halides is 3. The molecule has 0 aliphatic carbocycles. The van der Waals surface area contributed by atoms with Crippen LogP contribution < -0.4 is 5.32 Å². The Morgan fingerprint density at radius 3 is 2.16 bits per heavy atom. The minimum atomic E-state index is -4.39. The Bertz CT molecular complexity index is 533. The monoisotopic (exact) mass is 293 g/mol. The van der Waals surface area contributed by atoms with E-state index >= 15 is 0 Å². The van der Waals surface area contributed by atoms with Gasteiger partial charge in [0.15, 0.2) is 9.84 Å². The maximum Gasteiger partial charge on any atom is 0.416 e. The molecule has 0 spiro atoms. The Hall–Kier alpha value is -1.08. The van der Waals surface area contributed by atoms with Crippen molar-refractivity contribution in [1.82, 2.24) is 5.32 Å². The van der Waals surface area contributed by atoms with Crippen LogP contribution in [0.15, 0.2) is 24.3 Å². The number of halogens is 3. The molecule has 1 heterocycles. The summed E-state index contributed by atoms with van der Waals surface area (Å²) in [5.41, 5.74) is -0.378. The fourth-order valence-electron chi connectivity index (χ4n) is 1.93. The highest BCUT2D eigenvalue weighted by Crippen LogP contribution is 2.29. The Labute approximate surface area is 109 Å². The summed E-state index contributed by atoms with van der Waals surface area (Å²) >= 11 is 0. The van der Waals surface area contributed by atoms with Crippen LogP contribution in [0.2, 0.25) is 0 Å². The van der Waals surface area contributed by atoms with E-state index in [-0.39, 0.29) is 17.4 Å². The van der Waals surface area contributed by atoms with E-state index in [9.17, 15) is 21.6 Å². The minimum absolute atomic E-state index is 0.0843. The van der Waals surface area contributed by atoms with Gasteiger partial charge in [0.05, 0.1) is 17.1 Å². The molecule has 1 aliphatic rings. The molecule has 1 saturated heterocycles. The van der Waals surface area contributed by atoms with Gasteiger partial charge >= 0.3 is 6.18 Å². The second-order valence-corrected chi connectivity index (χ2v) is 6.88. The predicted octanol–water partition coefficient (Wildman–Crippen LogP) is 1.84. The number of benzene rings is 1. The molecule has 3 nitrogen and oxygen atoms in total. The number of nitrogens with one attached hydrogen (secondary N) is 1. The molecule has 0 bridgehead atoms. The van der Waals surface area contributed by atoms with Gasteiger partial charge in [0.1, 0.15) is 0 Å². The molecule has 0 amide bonds. The SMILES string of the molecule is O=S(=O)(Cc1ccc(C(F)(F)F)cc1)CC1CNC1. The Morgan fingerprint density at radius 2 is 1.74 bits per heavy atom. The quantitative estimate of drug-likeness (QED) is 0.921. The van der Waals surface area contributed by atoms with Gasteiger partial charge in [-0.25, -0.2) is 8.42 Å². The van der Waals surface area contributed by atoms with Crippen LogP contribution in [-0.2, 0) is 21.8 Å². The number of sulfone groups is 1. The average molecular weight is 293 g/mol. The summed E-state index contributed by atoms with van der Waals surface area (Å²) in [6.07, 6.45) is -4.39. The fourth-order valence-corrected chi connectivity index (χ4v) is 3.70. The second-order valence-electron chi connectivity index (χ2n) is 4.77. The van der Waals surface area contributed by atoms with Gasteiger partial charge < -0.3 is 5.32 Å². The first-order valence-electron chi connectivity index (χ1n) is 5.83. The van der Waals surface area contributed by atoms with Crippen LogP contribution in [0.5, 0.6) is 0 Å². The molecule has 0 aromatic heterocycles. The van der Waals surface area contributed by atoms with Crippen LogP contribution in [0.25, 0.3) is 0 Å². The molecule has 1 fully saturated rings. The van der Waals surface area contributed by atoms with Crippen LogP contribution in [0, 0.1) is 5.92 Å². The van der Waals surface area contributed by atoms with E-state index in [0.717, 1.165) is 12.1 Å². The lowest BCUT2D eigenvalue weighted by Crippen LogP contribution is -2.45. The van der Waals surface area contributed by atoms with Gasteiger partial charge in [0.2, 0.25) is 0 Å². The first-order valence-corrected chi connectivity index (χ1v) is 7.66. The first-order chi connectivity index (χ1) is 8.76. The fraction of sp³-hybridized carbons (Fsp3) is 0.500. The van der Waals surface area contributed by atoms with Crippen molar-refractivity contribution in [3.63, 3.8) is 0 Å². The molecular formula is C12H14F3NO2S. The summed E-state index contributed by atoms with van der Waals surface area (Å²) < 4.78 is 60.7. The molecule has 1 aromatic rings. The number of rotatable bonds is 4. The zero-order valence-corrected chi connectivity index (χ0v) is 10.9. The van der Waals surface area contributed by atoms with Crippen LogP contribution in [0.3, 0.4) is 0 Å². The third kappa shape index (κ3) is 3.94. The lowest BCUT2D eigenvalue weighted by molar-refractivity contribution is -0.137. The van der Waals surface area contributed by atoms with Crippen LogP contribution >= 0.6 is 0 Å². The maximum absolute atomic E-state index is 12.4. The zero-order valence-electron chi connectivity index (χ0n) is 10.1. The molecule has 106 valence electrons. The van der Waals surface area contributed by atoms with Gasteiger partial charge in [-0.3, -0.25) is 0 Å². The molecule has 1 N–H and O–H groups in total. The second kappa shape index (κ2) is 5.13. The van der Waals surface area contributed by atoms with Crippen LogP contribution in [-0.4, -0.2) is 27.3 Å². The normalized spacial score (nSPS) is 17.2. The largest absolute Gasteiger partial charge is 0.416 e. The van der Waals surface area contributed by atoms with Crippen molar-refractivity contribution in [3.8, 4) is 0 Å². The third-order valence-corrected chi connectivity index (χ3v) is 4.78. The minimum Gasteiger partial charge on any atom is -0.316 e. The van der Waals surface area contributed by atoms with E-state index in [1.54, 1.807) is 0 Å². The van der Waals surface area contributed by atoms with E-state index in [1.807, 2.05) is 0 Å². The number of hydrogen-bond donors (Lipinski definition) is 1. The summed E-state index contributed by atoms with van der Waals surface area (Å²) in [6, 6.07) is 4.27. The molecule has 0 unspecified atom stereocenters. The molecule has 0 saturated carbocycles. The molecule has 0 atom stereocenters. The molecule has 1 aromatic carbocycles. The topological polar surface area (TPSA) is 46.2 Å². The predicted molar refractivity (Wildman–Crippen MR) is 65.3 cm³/mol. The molecule has 2 rings (SSSR count). The Morgan fingerprint density at radius 1 is 1.16 bits per heavy atom. The third-order valence-electron chi connectivity index (χ3n) is 3.02. The van der Waals surface area contributed by atoms with E-state index in [0.29, 0.717) is 18.7 Å². The van der Waals surface area contributed by atoms with Gasteiger partial charge in [-0.05, 0) is 23.6 Å². The van der Waals surface area contributed by atoms with Crippen molar-refractivity contribution in [2.45, 2.75) is 11.9 Å². The summed E-state index contributed by atoms with van der Waals surface area (Å²) in [7, 11) is -3.26. The van der Waals surface area contributed by atoms with Crippen molar-refractivity contribution < 1.29 is 21.6 Å². The highest BCUT2D eigenvalue weighted by atomic mass is 32.2. The Balaban J connectivity index is 2.02. The van der Waals surface area contributed by atoms with Crippen molar-refractivity contribution >= 4 is 9.84 Å². The van der Waals surface area contributed by atoms with Gasteiger partial charge in [-0.1, -0.05) is 12.1 Å². The van der Waals surface area contributed by atoms with E-state index in [2.05, 4.69) is 5.32 Å². The van der Waals surface area contributed by atoms with Crippen molar-refractivity contribution in [2.75, 3.05) is 18.8 Å². The van der Waals surface area contributed by atoms with Crippen LogP contribution in [0.1, 0.15) is 11.1 Å².